The molecule has 120 valence electrons. The highest BCUT2D eigenvalue weighted by atomic mass is 32.1. The SMILES string of the molecule is O=C(N/N=C/c1ccc(O)c(O)c1)c1cc2c(s1)CCCCC2. The summed E-state index contributed by atoms with van der Waals surface area (Å²) >= 11 is 1.55. The van der Waals surface area contributed by atoms with Crippen LogP contribution < -0.4 is 5.43 Å². The number of carbonyl (C=O) groups is 1. The van der Waals surface area contributed by atoms with Gasteiger partial charge in [-0.05, 0) is 61.1 Å². The van der Waals surface area contributed by atoms with Gasteiger partial charge in [-0.3, -0.25) is 4.79 Å². The highest BCUT2D eigenvalue weighted by Gasteiger charge is 2.16. The van der Waals surface area contributed by atoms with Crippen molar-refractivity contribution in [2.24, 2.45) is 5.10 Å². The lowest BCUT2D eigenvalue weighted by Crippen LogP contribution is -2.16. The summed E-state index contributed by atoms with van der Waals surface area (Å²) in [4.78, 5) is 14.2. The van der Waals surface area contributed by atoms with E-state index < -0.39 is 0 Å². The van der Waals surface area contributed by atoms with Crippen molar-refractivity contribution in [1.82, 2.24) is 5.43 Å². The van der Waals surface area contributed by atoms with Crippen LogP contribution in [-0.4, -0.2) is 22.3 Å². The van der Waals surface area contributed by atoms with Crippen LogP contribution in [0.15, 0.2) is 29.4 Å². The second-order valence-corrected chi connectivity index (χ2v) is 6.70. The van der Waals surface area contributed by atoms with Gasteiger partial charge in [-0.1, -0.05) is 6.42 Å². The van der Waals surface area contributed by atoms with E-state index in [1.165, 1.54) is 48.1 Å². The minimum absolute atomic E-state index is 0.189. The number of amides is 1. The second-order valence-electron chi connectivity index (χ2n) is 5.57. The predicted molar refractivity (Wildman–Crippen MR) is 90.4 cm³/mol. The van der Waals surface area contributed by atoms with E-state index in [0.29, 0.717) is 10.4 Å². The number of hydrogen-bond donors (Lipinski definition) is 3. The van der Waals surface area contributed by atoms with Gasteiger partial charge in [-0.15, -0.1) is 11.3 Å². The molecule has 6 heteroatoms. The van der Waals surface area contributed by atoms with Gasteiger partial charge < -0.3 is 10.2 Å². The van der Waals surface area contributed by atoms with Crippen LogP contribution in [0, 0.1) is 0 Å². The quantitative estimate of drug-likeness (QED) is 0.350. The third kappa shape index (κ3) is 3.71. The Morgan fingerprint density at radius 1 is 1.13 bits per heavy atom. The van der Waals surface area contributed by atoms with E-state index in [4.69, 9.17) is 0 Å². The molecule has 2 aromatic rings. The van der Waals surface area contributed by atoms with Gasteiger partial charge in [-0.2, -0.15) is 5.10 Å². The molecule has 5 nitrogen and oxygen atoms in total. The van der Waals surface area contributed by atoms with E-state index in [1.807, 2.05) is 6.07 Å². The number of aryl methyl sites for hydroxylation is 2. The van der Waals surface area contributed by atoms with Gasteiger partial charge in [0.25, 0.3) is 5.91 Å². The number of fused-ring (bicyclic) bond motifs is 1. The summed E-state index contributed by atoms with van der Waals surface area (Å²) < 4.78 is 0. The molecule has 1 aliphatic rings. The molecule has 1 aromatic carbocycles. The van der Waals surface area contributed by atoms with E-state index in [1.54, 1.807) is 17.4 Å². The van der Waals surface area contributed by atoms with Gasteiger partial charge in [0.05, 0.1) is 11.1 Å². The molecule has 1 amide bonds. The number of hydrazone groups is 1. The lowest BCUT2D eigenvalue weighted by molar-refractivity contribution is 0.0959. The number of benzene rings is 1. The summed E-state index contributed by atoms with van der Waals surface area (Å²) in [6.07, 6.45) is 7.17. The van der Waals surface area contributed by atoms with Gasteiger partial charge in [-0.25, -0.2) is 5.43 Å². The van der Waals surface area contributed by atoms with Gasteiger partial charge >= 0.3 is 0 Å². The van der Waals surface area contributed by atoms with E-state index >= 15 is 0 Å². The molecule has 0 unspecified atom stereocenters. The number of carbonyl (C=O) groups excluding carboxylic acids is 1. The third-order valence-corrected chi connectivity index (χ3v) is 5.09. The lowest BCUT2D eigenvalue weighted by Gasteiger charge is -1.99. The first kappa shape index (κ1) is 15.6. The topological polar surface area (TPSA) is 81.9 Å². The maximum atomic E-state index is 12.2. The van der Waals surface area contributed by atoms with Crippen LogP contribution in [0.2, 0.25) is 0 Å². The van der Waals surface area contributed by atoms with Crippen LogP contribution in [-0.2, 0) is 12.8 Å². The normalized spacial score (nSPS) is 14.4. The van der Waals surface area contributed by atoms with Crippen molar-refractivity contribution in [2.45, 2.75) is 32.1 Å². The Morgan fingerprint density at radius 3 is 2.78 bits per heavy atom. The summed E-state index contributed by atoms with van der Waals surface area (Å²) in [6, 6.07) is 6.31. The number of aromatic hydroxyl groups is 2. The number of nitrogens with zero attached hydrogens (tertiary/aromatic N) is 1. The number of thiophene rings is 1. The monoisotopic (exact) mass is 330 g/mol. The first-order chi connectivity index (χ1) is 11.1. The van der Waals surface area contributed by atoms with Crippen molar-refractivity contribution >= 4 is 23.5 Å². The zero-order valence-corrected chi connectivity index (χ0v) is 13.4. The van der Waals surface area contributed by atoms with Crippen LogP contribution in [0.25, 0.3) is 0 Å². The highest BCUT2D eigenvalue weighted by Crippen LogP contribution is 2.29. The second kappa shape index (κ2) is 6.83. The average molecular weight is 330 g/mol. The summed E-state index contributed by atoms with van der Waals surface area (Å²) in [5, 5.41) is 22.6. The molecular weight excluding hydrogens is 312 g/mol. The Labute approximate surface area is 138 Å². The Balaban J connectivity index is 1.65. The fourth-order valence-corrected chi connectivity index (χ4v) is 3.76. The first-order valence-corrected chi connectivity index (χ1v) is 8.42. The van der Waals surface area contributed by atoms with Crippen LogP contribution in [0.3, 0.4) is 0 Å². The molecule has 0 spiro atoms. The Bertz CT molecular complexity index is 729. The molecule has 1 heterocycles. The molecule has 0 aliphatic heterocycles. The van der Waals surface area contributed by atoms with Gasteiger partial charge in [0.15, 0.2) is 11.5 Å². The minimum Gasteiger partial charge on any atom is -0.504 e. The third-order valence-electron chi connectivity index (χ3n) is 3.85. The molecule has 0 bridgehead atoms. The van der Waals surface area contributed by atoms with Crippen LogP contribution >= 0.6 is 11.3 Å². The Kier molecular flexibility index (Phi) is 4.62. The fourth-order valence-electron chi connectivity index (χ4n) is 2.62. The number of nitrogens with one attached hydrogen (secondary N) is 1. The maximum Gasteiger partial charge on any atom is 0.281 e. The summed E-state index contributed by atoms with van der Waals surface area (Å²) in [5.41, 5.74) is 4.39. The Hall–Kier alpha value is -2.34. The molecule has 0 saturated heterocycles. The number of rotatable bonds is 3. The van der Waals surface area contributed by atoms with Crippen LogP contribution in [0.1, 0.15) is 44.9 Å². The lowest BCUT2D eigenvalue weighted by atomic mass is 10.1. The van der Waals surface area contributed by atoms with E-state index in [0.717, 1.165) is 12.8 Å². The number of phenols is 2. The van der Waals surface area contributed by atoms with E-state index in [-0.39, 0.29) is 17.4 Å². The smallest absolute Gasteiger partial charge is 0.281 e. The summed E-state index contributed by atoms with van der Waals surface area (Å²) in [5.74, 6) is -0.629. The average Bonchev–Trinajstić information content (AvgIpc) is 2.82. The number of phenolic OH excluding ortho intramolecular Hbond substituents is 2. The Morgan fingerprint density at radius 2 is 1.96 bits per heavy atom. The fraction of sp³-hybridized carbons (Fsp3) is 0.294. The van der Waals surface area contributed by atoms with Crippen molar-refractivity contribution in [1.29, 1.82) is 0 Å². The van der Waals surface area contributed by atoms with Crippen molar-refractivity contribution in [3.05, 3.63) is 45.1 Å². The molecule has 0 saturated carbocycles. The molecule has 23 heavy (non-hydrogen) atoms. The van der Waals surface area contributed by atoms with Crippen molar-refractivity contribution in [3.63, 3.8) is 0 Å². The summed E-state index contributed by atoms with van der Waals surface area (Å²) in [6.45, 7) is 0. The molecule has 0 atom stereocenters. The maximum absolute atomic E-state index is 12.2. The van der Waals surface area contributed by atoms with Crippen LogP contribution in [0.4, 0.5) is 0 Å². The molecule has 3 rings (SSSR count). The van der Waals surface area contributed by atoms with Crippen LogP contribution in [0.5, 0.6) is 11.5 Å². The molecular formula is C17H18N2O3S. The largest absolute Gasteiger partial charge is 0.504 e. The van der Waals surface area contributed by atoms with Gasteiger partial charge in [0.1, 0.15) is 0 Å². The van der Waals surface area contributed by atoms with E-state index in [2.05, 4.69) is 10.5 Å². The zero-order valence-electron chi connectivity index (χ0n) is 12.6. The first-order valence-electron chi connectivity index (χ1n) is 7.60. The standard InChI is InChI=1S/C17H18N2O3S/c20-13-7-6-11(8-14(13)21)10-18-19-17(22)16-9-12-4-2-1-3-5-15(12)23-16/h6-10,20-21H,1-5H2,(H,19,22)/b18-10+. The predicted octanol–water partition coefficient (Wildman–Crippen LogP) is 3.19. The molecule has 1 aromatic heterocycles. The molecule has 0 fully saturated rings. The minimum atomic E-state index is -0.220. The zero-order chi connectivity index (χ0) is 16.2. The highest BCUT2D eigenvalue weighted by molar-refractivity contribution is 7.14. The molecule has 3 N–H and O–H groups in total. The van der Waals surface area contributed by atoms with Crippen molar-refractivity contribution in [2.75, 3.05) is 0 Å². The van der Waals surface area contributed by atoms with Gasteiger partial charge in [0, 0.05) is 4.88 Å². The summed E-state index contributed by atoms with van der Waals surface area (Å²) in [7, 11) is 0. The van der Waals surface area contributed by atoms with Crippen molar-refractivity contribution in [3.8, 4) is 11.5 Å². The molecule has 0 radical (unpaired) electrons. The van der Waals surface area contributed by atoms with Crippen molar-refractivity contribution < 1.29 is 15.0 Å². The number of hydrogen-bond acceptors (Lipinski definition) is 5. The molecule has 1 aliphatic carbocycles. The van der Waals surface area contributed by atoms with Gasteiger partial charge in [0.2, 0.25) is 0 Å². The van der Waals surface area contributed by atoms with E-state index in [9.17, 15) is 15.0 Å².